The number of hydrogen-bond acceptors (Lipinski definition) is 5. The molecule has 0 bridgehead atoms. The maximum Gasteiger partial charge on any atom is 0.433 e. The molecule has 0 saturated heterocycles. The largest absolute Gasteiger partial charge is 0.433 e. The van der Waals surface area contributed by atoms with E-state index in [0.29, 0.717) is 21.3 Å². The van der Waals surface area contributed by atoms with Gasteiger partial charge in [-0.2, -0.15) is 18.3 Å². The zero-order valence-electron chi connectivity index (χ0n) is 18.5. The van der Waals surface area contributed by atoms with Crippen LogP contribution in [0.5, 0.6) is 0 Å². The summed E-state index contributed by atoms with van der Waals surface area (Å²) in [6.45, 7) is 5.04. The number of anilines is 1. The van der Waals surface area contributed by atoms with E-state index in [0.717, 1.165) is 22.2 Å². The fourth-order valence-corrected chi connectivity index (χ4v) is 5.03. The normalized spacial score (nSPS) is 14.1. The Morgan fingerprint density at radius 2 is 1.82 bits per heavy atom. The molecule has 11 heteroatoms. The second-order valence-electron chi connectivity index (χ2n) is 7.73. The van der Waals surface area contributed by atoms with Crippen molar-refractivity contribution in [3.05, 3.63) is 80.4 Å². The van der Waals surface area contributed by atoms with Crippen molar-refractivity contribution in [2.45, 2.75) is 33.5 Å². The molecule has 1 aliphatic heterocycles. The maximum absolute atomic E-state index is 13.6. The van der Waals surface area contributed by atoms with Crippen molar-refractivity contribution in [2.75, 3.05) is 4.90 Å². The molecule has 0 spiro atoms. The van der Waals surface area contributed by atoms with Crippen molar-refractivity contribution in [3.8, 4) is 0 Å². The fourth-order valence-electron chi connectivity index (χ4n) is 3.69. The van der Waals surface area contributed by atoms with Crippen LogP contribution < -0.4 is 4.90 Å². The molecule has 3 heterocycles. The molecule has 2 aromatic heterocycles. The van der Waals surface area contributed by atoms with Gasteiger partial charge in [0.1, 0.15) is 22.2 Å². The molecule has 0 aliphatic carbocycles. The number of nitrogens with one attached hydrogen (secondary N) is 2. The average molecular weight is 505 g/mol. The first kappa shape index (κ1) is 23.9. The summed E-state index contributed by atoms with van der Waals surface area (Å²) in [7, 11) is 0. The number of rotatable bonds is 3. The van der Waals surface area contributed by atoms with Crippen LogP contribution in [-0.2, 0) is 12.7 Å². The van der Waals surface area contributed by atoms with Gasteiger partial charge in [-0.25, -0.2) is 5.01 Å². The lowest BCUT2D eigenvalue weighted by Gasteiger charge is -2.27. The van der Waals surface area contributed by atoms with E-state index in [9.17, 15) is 13.2 Å². The van der Waals surface area contributed by atoms with Crippen molar-refractivity contribution in [2.24, 2.45) is 5.10 Å². The summed E-state index contributed by atoms with van der Waals surface area (Å²) in [4.78, 5) is 5.91. The number of aromatic nitrogens is 1. The summed E-state index contributed by atoms with van der Waals surface area (Å²) in [5, 5.41) is 24.2. The lowest BCUT2D eigenvalue weighted by Crippen LogP contribution is -2.42. The number of fused-ring (bicyclic) bond motifs is 1. The van der Waals surface area contributed by atoms with E-state index in [2.05, 4.69) is 10.1 Å². The zero-order valence-corrected chi connectivity index (χ0v) is 20.0. The molecule has 0 amide bonds. The number of hydrogen-bond donors (Lipinski definition) is 2. The highest BCUT2D eigenvalue weighted by Crippen LogP contribution is 2.40. The SMILES string of the molecule is CC(=N)N1C(=N)N(Cc2cccnc2C(F)(F)F)N=C(c2ccc(Cl)cc2)c2c1sc(C)c2C. The Kier molecular flexibility index (Phi) is 6.22. The molecule has 1 aromatic carbocycles. The Morgan fingerprint density at radius 3 is 2.44 bits per heavy atom. The van der Waals surface area contributed by atoms with Crippen LogP contribution in [0.15, 0.2) is 47.7 Å². The van der Waals surface area contributed by atoms with E-state index in [1.165, 1.54) is 40.3 Å². The predicted molar refractivity (Wildman–Crippen MR) is 129 cm³/mol. The van der Waals surface area contributed by atoms with Gasteiger partial charge in [0.15, 0.2) is 0 Å². The van der Waals surface area contributed by atoms with Gasteiger partial charge in [-0.3, -0.25) is 20.7 Å². The van der Waals surface area contributed by atoms with Gasteiger partial charge in [0.05, 0.1) is 6.54 Å². The van der Waals surface area contributed by atoms with Crippen LogP contribution in [0.25, 0.3) is 0 Å². The van der Waals surface area contributed by atoms with Crippen molar-refractivity contribution >= 4 is 45.4 Å². The van der Waals surface area contributed by atoms with Crippen LogP contribution in [0, 0.1) is 24.7 Å². The first-order valence-electron chi connectivity index (χ1n) is 10.2. The smallest absolute Gasteiger partial charge is 0.288 e. The number of benzene rings is 1. The number of hydrazone groups is 1. The molecular weight excluding hydrogens is 485 g/mol. The first-order valence-corrected chi connectivity index (χ1v) is 11.4. The third kappa shape index (κ3) is 4.30. The molecule has 34 heavy (non-hydrogen) atoms. The van der Waals surface area contributed by atoms with Crippen molar-refractivity contribution < 1.29 is 13.2 Å². The molecule has 0 fully saturated rings. The third-order valence-electron chi connectivity index (χ3n) is 5.42. The lowest BCUT2D eigenvalue weighted by atomic mass is 10.00. The van der Waals surface area contributed by atoms with Crippen LogP contribution >= 0.6 is 22.9 Å². The van der Waals surface area contributed by atoms with Gasteiger partial charge in [0.25, 0.3) is 0 Å². The summed E-state index contributed by atoms with van der Waals surface area (Å²) in [6, 6.07) is 9.69. The molecule has 0 unspecified atom stereocenters. The van der Waals surface area contributed by atoms with E-state index in [1.807, 2.05) is 13.8 Å². The number of guanidine groups is 1. The standard InChI is InChI=1S/C23H20ClF3N6S/c1-12-13(2)34-21-18(12)19(15-6-8-17(24)9-7-15)31-32(22(29)33(21)14(3)28)11-16-5-4-10-30-20(16)23(25,26)27/h4-10,28-29H,11H2,1-3H3. The summed E-state index contributed by atoms with van der Waals surface area (Å²) >= 11 is 7.48. The predicted octanol–water partition coefficient (Wildman–Crippen LogP) is 6.44. The lowest BCUT2D eigenvalue weighted by molar-refractivity contribution is -0.142. The second kappa shape index (κ2) is 8.84. The second-order valence-corrected chi connectivity index (χ2v) is 9.37. The van der Waals surface area contributed by atoms with Crippen LogP contribution in [0.2, 0.25) is 5.02 Å². The minimum absolute atomic E-state index is 0.0484. The quantitative estimate of drug-likeness (QED) is 0.318. The number of alkyl halides is 3. The molecule has 1 aliphatic rings. The van der Waals surface area contributed by atoms with Gasteiger partial charge in [0, 0.05) is 32.8 Å². The highest BCUT2D eigenvalue weighted by molar-refractivity contribution is 7.17. The molecule has 3 aromatic rings. The summed E-state index contributed by atoms with van der Waals surface area (Å²) in [5.41, 5.74) is 1.67. The van der Waals surface area contributed by atoms with E-state index in [1.54, 1.807) is 24.3 Å². The number of amidine groups is 1. The van der Waals surface area contributed by atoms with Crippen LogP contribution in [0.4, 0.5) is 18.2 Å². The van der Waals surface area contributed by atoms with Gasteiger partial charge in [0.2, 0.25) is 5.96 Å². The van der Waals surface area contributed by atoms with Crippen LogP contribution in [0.3, 0.4) is 0 Å². The van der Waals surface area contributed by atoms with Gasteiger partial charge >= 0.3 is 6.18 Å². The average Bonchev–Trinajstić information content (AvgIpc) is 2.98. The third-order valence-corrected chi connectivity index (χ3v) is 6.86. The van der Waals surface area contributed by atoms with E-state index in [-0.39, 0.29) is 23.9 Å². The van der Waals surface area contributed by atoms with Gasteiger partial charge < -0.3 is 0 Å². The number of halogens is 4. The van der Waals surface area contributed by atoms with Gasteiger partial charge in [-0.15, -0.1) is 11.3 Å². The topological polar surface area (TPSA) is 79.4 Å². The first-order chi connectivity index (χ1) is 16.0. The molecule has 0 radical (unpaired) electrons. The van der Waals surface area contributed by atoms with E-state index < -0.39 is 11.9 Å². The maximum atomic E-state index is 13.6. The number of nitrogens with zero attached hydrogens (tertiary/aromatic N) is 4. The number of aryl methyl sites for hydroxylation is 1. The van der Waals surface area contributed by atoms with E-state index in [4.69, 9.17) is 22.4 Å². The molecular formula is C23H20ClF3N6S. The molecule has 2 N–H and O–H groups in total. The zero-order chi connectivity index (χ0) is 24.8. The minimum Gasteiger partial charge on any atom is -0.288 e. The van der Waals surface area contributed by atoms with E-state index >= 15 is 0 Å². The van der Waals surface area contributed by atoms with Crippen molar-refractivity contribution in [3.63, 3.8) is 0 Å². The highest BCUT2D eigenvalue weighted by Gasteiger charge is 2.37. The number of thiophene rings is 1. The van der Waals surface area contributed by atoms with Crippen molar-refractivity contribution in [1.29, 1.82) is 10.8 Å². The van der Waals surface area contributed by atoms with Gasteiger partial charge in [-0.1, -0.05) is 29.8 Å². The summed E-state index contributed by atoms with van der Waals surface area (Å²) in [5.74, 6) is -0.178. The minimum atomic E-state index is -4.66. The fraction of sp³-hybridized carbons (Fsp3) is 0.217. The Labute approximate surface area is 203 Å². The van der Waals surface area contributed by atoms with Crippen molar-refractivity contribution in [1.82, 2.24) is 9.99 Å². The summed E-state index contributed by atoms with van der Waals surface area (Å²) < 4.78 is 40.8. The van der Waals surface area contributed by atoms with Crippen LogP contribution in [-0.4, -0.2) is 27.5 Å². The molecule has 4 rings (SSSR count). The highest BCUT2D eigenvalue weighted by atomic mass is 35.5. The summed E-state index contributed by atoms with van der Waals surface area (Å²) in [6.07, 6.45) is -3.57. The Balaban J connectivity index is 1.94. The monoisotopic (exact) mass is 504 g/mol. The Hall–Kier alpha value is -3.24. The molecule has 6 nitrogen and oxygen atoms in total. The molecule has 0 atom stereocenters. The number of pyridine rings is 1. The molecule has 176 valence electrons. The van der Waals surface area contributed by atoms with Crippen LogP contribution in [0.1, 0.15) is 39.7 Å². The molecule has 0 saturated carbocycles. The Bertz CT molecular complexity index is 1310. The van der Waals surface area contributed by atoms with Gasteiger partial charge in [-0.05, 0) is 44.5 Å². The Morgan fingerprint density at radius 1 is 1.15 bits per heavy atom.